The molecule has 28 heavy (non-hydrogen) atoms. The zero-order valence-electron chi connectivity index (χ0n) is 15.0. The lowest BCUT2D eigenvalue weighted by Crippen LogP contribution is -2.25. The van der Waals surface area contributed by atoms with Crippen molar-refractivity contribution in [3.63, 3.8) is 0 Å². The SMILES string of the molecule is O=C(NC1CC1)c1cccc(Nc2ncnc3c2cnn3-c2ccccc2)c1. The summed E-state index contributed by atoms with van der Waals surface area (Å²) in [5, 5.41) is 11.6. The van der Waals surface area contributed by atoms with Gasteiger partial charge in [-0.15, -0.1) is 0 Å². The molecular formula is C21H18N6O. The number of amides is 1. The second-order valence-corrected chi connectivity index (χ2v) is 6.81. The predicted octanol–water partition coefficient (Wildman–Crippen LogP) is 3.45. The number of anilines is 2. The van der Waals surface area contributed by atoms with Crippen LogP contribution in [0.3, 0.4) is 0 Å². The molecule has 0 unspecified atom stereocenters. The number of hydrogen-bond acceptors (Lipinski definition) is 5. The molecule has 4 aromatic rings. The zero-order valence-corrected chi connectivity index (χ0v) is 15.0. The van der Waals surface area contributed by atoms with Gasteiger partial charge in [0.05, 0.1) is 17.3 Å². The van der Waals surface area contributed by atoms with Gasteiger partial charge in [-0.05, 0) is 43.2 Å². The molecule has 7 heteroatoms. The van der Waals surface area contributed by atoms with Crippen molar-refractivity contribution in [3.05, 3.63) is 72.7 Å². The van der Waals surface area contributed by atoms with E-state index in [1.165, 1.54) is 6.33 Å². The van der Waals surface area contributed by atoms with Crippen LogP contribution in [0.15, 0.2) is 67.1 Å². The molecule has 0 atom stereocenters. The second kappa shape index (κ2) is 6.77. The minimum Gasteiger partial charge on any atom is -0.349 e. The standard InChI is InChI=1S/C21H18N6O/c28-21(26-15-9-10-15)14-5-4-6-16(11-14)25-19-18-12-24-27(20(18)23-13-22-19)17-7-2-1-3-8-17/h1-8,11-13,15H,9-10H2,(H,26,28)(H,22,23,25). The molecule has 1 aliphatic carbocycles. The average molecular weight is 370 g/mol. The number of para-hydroxylation sites is 1. The molecule has 0 aliphatic heterocycles. The van der Waals surface area contributed by atoms with Gasteiger partial charge in [-0.1, -0.05) is 24.3 Å². The van der Waals surface area contributed by atoms with Gasteiger partial charge in [0, 0.05) is 17.3 Å². The molecule has 5 rings (SSSR count). The van der Waals surface area contributed by atoms with Crippen molar-refractivity contribution in [3.8, 4) is 5.69 Å². The fraction of sp³-hybridized carbons (Fsp3) is 0.143. The number of hydrogen-bond donors (Lipinski definition) is 2. The van der Waals surface area contributed by atoms with E-state index in [2.05, 4.69) is 25.7 Å². The van der Waals surface area contributed by atoms with Crippen molar-refractivity contribution in [2.75, 3.05) is 5.32 Å². The van der Waals surface area contributed by atoms with Gasteiger partial charge in [0.2, 0.25) is 0 Å². The summed E-state index contributed by atoms with van der Waals surface area (Å²) >= 11 is 0. The summed E-state index contributed by atoms with van der Waals surface area (Å²) in [6, 6.07) is 17.6. The van der Waals surface area contributed by atoms with Gasteiger partial charge >= 0.3 is 0 Å². The van der Waals surface area contributed by atoms with Crippen molar-refractivity contribution in [2.45, 2.75) is 18.9 Å². The summed E-state index contributed by atoms with van der Waals surface area (Å²) in [4.78, 5) is 21.1. The Hall–Kier alpha value is -3.74. The van der Waals surface area contributed by atoms with E-state index >= 15 is 0 Å². The van der Waals surface area contributed by atoms with Crippen molar-refractivity contribution in [2.24, 2.45) is 0 Å². The van der Waals surface area contributed by atoms with E-state index in [1.54, 1.807) is 10.9 Å². The van der Waals surface area contributed by atoms with Crippen LogP contribution in [0.2, 0.25) is 0 Å². The molecule has 138 valence electrons. The van der Waals surface area contributed by atoms with E-state index in [4.69, 9.17) is 0 Å². The number of nitrogens with one attached hydrogen (secondary N) is 2. The topological polar surface area (TPSA) is 84.7 Å². The summed E-state index contributed by atoms with van der Waals surface area (Å²) < 4.78 is 1.78. The summed E-state index contributed by atoms with van der Waals surface area (Å²) in [5.74, 6) is 0.600. The van der Waals surface area contributed by atoms with Crippen molar-refractivity contribution >= 4 is 28.4 Å². The van der Waals surface area contributed by atoms with Gasteiger partial charge in [0.15, 0.2) is 5.65 Å². The Balaban J connectivity index is 1.46. The van der Waals surface area contributed by atoms with Crippen LogP contribution < -0.4 is 10.6 Å². The molecule has 1 saturated carbocycles. The van der Waals surface area contributed by atoms with Gasteiger partial charge in [0.1, 0.15) is 12.1 Å². The van der Waals surface area contributed by atoms with Crippen LogP contribution in [0.4, 0.5) is 11.5 Å². The van der Waals surface area contributed by atoms with Gasteiger partial charge in [-0.25, -0.2) is 14.6 Å². The van der Waals surface area contributed by atoms with Crippen LogP contribution in [0.5, 0.6) is 0 Å². The fourth-order valence-corrected chi connectivity index (χ4v) is 3.07. The van der Waals surface area contributed by atoms with Gasteiger partial charge < -0.3 is 10.6 Å². The third kappa shape index (κ3) is 3.18. The molecular weight excluding hydrogens is 352 g/mol. The van der Waals surface area contributed by atoms with E-state index in [0.717, 1.165) is 29.6 Å². The van der Waals surface area contributed by atoms with Crippen molar-refractivity contribution < 1.29 is 4.79 Å². The molecule has 2 aromatic heterocycles. The molecule has 2 aromatic carbocycles. The third-order valence-corrected chi connectivity index (χ3v) is 4.67. The normalized spacial score (nSPS) is 13.4. The fourth-order valence-electron chi connectivity index (χ4n) is 3.07. The smallest absolute Gasteiger partial charge is 0.251 e. The van der Waals surface area contributed by atoms with Crippen molar-refractivity contribution in [1.29, 1.82) is 0 Å². The number of aromatic nitrogens is 4. The third-order valence-electron chi connectivity index (χ3n) is 4.67. The summed E-state index contributed by atoms with van der Waals surface area (Å²) in [5.41, 5.74) is 3.06. The van der Waals surface area contributed by atoms with Gasteiger partial charge in [-0.2, -0.15) is 5.10 Å². The Labute approximate surface area is 161 Å². The molecule has 1 aliphatic rings. The van der Waals surface area contributed by atoms with Gasteiger partial charge in [-0.3, -0.25) is 4.79 Å². The lowest BCUT2D eigenvalue weighted by Gasteiger charge is -2.09. The van der Waals surface area contributed by atoms with E-state index < -0.39 is 0 Å². The Bertz CT molecular complexity index is 1150. The maximum Gasteiger partial charge on any atom is 0.251 e. The van der Waals surface area contributed by atoms with E-state index in [-0.39, 0.29) is 5.91 Å². The Morgan fingerprint density at radius 1 is 1.04 bits per heavy atom. The molecule has 0 saturated heterocycles. The number of fused-ring (bicyclic) bond motifs is 1. The number of carbonyl (C=O) groups excluding carboxylic acids is 1. The summed E-state index contributed by atoms with van der Waals surface area (Å²) in [6.07, 6.45) is 5.38. The Morgan fingerprint density at radius 2 is 1.89 bits per heavy atom. The first-order valence-corrected chi connectivity index (χ1v) is 9.20. The Morgan fingerprint density at radius 3 is 2.71 bits per heavy atom. The highest BCUT2D eigenvalue weighted by Gasteiger charge is 2.23. The molecule has 2 N–H and O–H groups in total. The second-order valence-electron chi connectivity index (χ2n) is 6.81. The first kappa shape index (κ1) is 16.4. The molecule has 0 radical (unpaired) electrons. The lowest BCUT2D eigenvalue weighted by molar-refractivity contribution is 0.0951. The number of nitrogens with zero attached hydrogens (tertiary/aromatic N) is 4. The highest BCUT2D eigenvalue weighted by atomic mass is 16.1. The van der Waals surface area contributed by atoms with Crippen LogP contribution in [0.1, 0.15) is 23.2 Å². The van der Waals surface area contributed by atoms with Crippen LogP contribution >= 0.6 is 0 Å². The predicted molar refractivity (Wildman–Crippen MR) is 107 cm³/mol. The van der Waals surface area contributed by atoms with Crippen molar-refractivity contribution in [1.82, 2.24) is 25.1 Å². The molecule has 1 fully saturated rings. The van der Waals surface area contributed by atoms with E-state index in [1.807, 2.05) is 54.6 Å². The largest absolute Gasteiger partial charge is 0.349 e. The quantitative estimate of drug-likeness (QED) is 0.562. The molecule has 1 amide bonds. The first-order chi connectivity index (χ1) is 13.8. The highest BCUT2D eigenvalue weighted by molar-refractivity contribution is 5.96. The highest BCUT2D eigenvalue weighted by Crippen LogP contribution is 2.25. The molecule has 7 nitrogen and oxygen atoms in total. The lowest BCUT2D eigenvalue weighted by atomic mass is 10.2. The minimum absolute atomic E-state index is 0.0455. The van der Waals surface area contributed by atoms with Gasteiger partial charge in [0.25, 0.3) is 5.91 Å². The number of carbonyl (C=O) groups is 1. The van der Waals surface area contributed by atoms with Crippen LogP contribution in [-0.4, -0.2) is 31.7 Å². The van der Waals surface area contributed by atoms with Crippen LogP contribution in [0.25, 0.3) is 16.7 Å². The van der Waals surface area contributed by atoms with E-state index in [9.17, 15) is 4.79 Å². The molecule has 0 bridgehead atoms. The summed E-state index contributed by atoms with van der Waals surface area (Å²) in [6.45, 7) is 0. The number of rotatable bonds is 5. The molecule has 0 spiro atoms. The zero-order chi connectivity index (χ0) is 18.9. The Kier molecular flexibility index (Phi) is 3.97. The van der Waals surface area contributed by atoms with Crippen LogP contribution in [0, 0.1) is 0 Å². The maximum absolute atomic E-state index is 12.3. The minimum atomic E-state index is -0.0455. The monoisotopic (exact) mass is 370 g/mol. The van der Waals surface area contributed by atoms with E-state index in [0.29, 0.717) is 23.1 Å². The average Bonchev–Trinajstić information content (AvgIpc) is 3.44. The maximum atomic E-state index is 12.3. The summed E-state index contributed by atoms with van der Waals surface area (Å²) in [7, 11) is 0. The molecule has 2 heterocycles. The van der Waals surface area contributed by atoms with Crippen LogP contribution in [-0.2, 0) is 0 Å². The number of benzene rings is 2. The first-order valence-electron chi connectivity index (χ1n) is 9.20.